The summed E-state index contributed by atoms with van der Waals surface area (Å²) in [6.07, 6.45) is 7.54. The SMILES string of the molecule is OCC1CCN([C@@H]2CCCN(C3CCN(c4cccc(Cl)c4)CC3)C2)CC1. The highest BCUT2D eigenvalue weighted by Crippen LogP contribution is 2.28. The molecule has 1 aromatic rings. The summed E-state index contributed by atoms with van der Waals surface area (Å²) in [4.78, 5) is 7.98. The normalized spacial score (nSPS) is 27.2. The van der Waals surface area contributed by atoms with Crippen molar-refractivity contribution in [2.45, 2.75) is 50.6 Å². The van der Waals surface area contributed by atoms with Crippen LogP contribution in [0, 0.1) is 5.92 Å². The molecule has 0 amide bonds. The lowest BCUT2D eigenvalue weighted by Gasteiger charge is -2.46. The van der Waals surface area contributed by atoms with Crippen molar-refractivity contribution in [1.29, 1.82) is 0 Å². The summed E-state index contributed by atoms with van der Waals surface area (Å²) in [6.45, 7) is 7.50. The van der Waals surface area contributed by atoms with Crippen LogP contribution in [0.5, 0.6) is 0 Å². The van der Waals surface area contributed by atoms with Gasteiger partial charge in [0.25, 0.3) is 0 Å². The zero-order valence-corrected chi connectivity index (χ0v) is 17.2. The van der Waals surface area contributed by atoms with Gasteiger partial charge in [-0.25, -0.2) is 0 Å². The van der Waals surface area contributed by atoms with Gasteiger partial charge in [0.05, 0.1) is 0 Å². The van der Waals surface area contributed by atoms with E-state index in [1.165, 1.54) is 70.4 Å². The number of aliphatic hydroxyl groups excluding tert-OH is 1. The Balaban J connectivity index is 1.28. The molecule has 3 aliphatic rings. The fraction of sp³-hybridized carbons (Fsp3) is 0.727. The summed E-state index contributed by atoms with van der Waals surface area (Å²) in [5.74, 6) is 0.539. The van der Waals surface area contributed by atoms with Crippen molar-refractivity contribution in [3.8, 4) is 0 Å². The third-order valence-electron chi connectivity index (χ3n) is 7.01. The minimum atomic E-state index is 0.371. The fourth-order valence-electron chi connectivity index (χ4n) is 5.28. The molecule has 3 aliphatic heterocycles. The molecular weight excluding hydrogens is 358 g/mol. The van der Waals surface area contributed by atoms with Crippen molar-refractivity contribution < 1.29 is 5.11 Å². The van der Waals surface area contributed by atoms with Crippen LogP contribution in [0.25, 0.3) is 0 Å². The molecule has 5 heteroatoms. The molecule has 0 aliphatic carbocycles. The first kappa shape index (κ1) is 19.5. The summed E-state index contributed by atoms with van der Waals surface area (Å²) in [7, 11) is 0. The van der Waals surface area contributed by atoms with Gasteiger partial charge in [-0.05, 0) is 82.3 Å². The number of hydrogen-bond acceptors (Lipinski definition) is 4. The molecule has 1 atom stereocenters. The first-order valence-corrected chi connectivity index (χ1v) is 11.2. The van der Waals surface area contributed by atoms with Crippen LogP contribution >= 0.6 is 11.6 Å². The van der Waals surface area contributed by atoms with Crippen molar-refractivity contribution in [1.82, 2.24) is 9.80 Å². The maximum Gasteiger partial charge on any atom is 0.0460 e. The fourth-order valence-corrected chi connectivity index (χ4v) is 5.46. The molecule has 0 unspecified atom stereocenters. The summed E-state index contributed by atoms with van der Waals surface area (Å²) in [5, 5.41) is 10.2. The Labute approximate surface area is 169 Å². The summed E-state index contributed by atoms with van der Waals surface area (Å²) >= 11 is 6.17. The van der Waals surface area contributed by atoms with E-state index in [9.17, 15) is 5.11 Å². The van der Waals surface area contributed by atoms with E-state index in [-0.39, 0.29) is 0 Å². The van der Waals surface area contributed by atoms with Crippen LogP contribution in [-0.4, -0.2) is 72.9 Å². The molecule has 1 aromatic carbocycles. The first-order valence-electron chi connectivity index (χ1n) is 10.8. The van der Waals surface area contributed by atoms with Gasteiger partial charge in [0.2, 0.25) is 0 Å². The van der Waals surface area contributed by atoms with E-state index in [0.717, 1.165) is 30.2 Å². The molecular formula is C22H34ClN3O. The van der Waals surface area contributed by atoms with Crippen LogP contribution in [0.4, 0.5) is 5.69 Å². The van der Waals surface area contributed by atoms with E-state index < -0.39 is 0 Å². The van der Waals surface area contributed by atoms with Crippen molar-refractivity contribution in [2.75, 3.05) is 50.8 Å². The van der Waals surface area contributed by atoms with Gasteiger partial charge < -0.3 is 10.0 Å². The van der Waals surface area contributed by atoms with Crippen LogP contribution in [0.2, 0.25) is 5.02 Å². The third kappa shape index (κ3) is 4.79. The highest BCUT2D eigenvalue weighted by Gasteiger charge is 2.32. The van der Waals surface area contributed by atoms with E-state index in [1.54, 1.807) is 0 Å². The lowest BCUT2D eigenvalue weighted by atomic mass is 9.93. The molecule has 3 fully saturated rings. The molecule has 3 heterocycles. The summed E-state index contributed by atoms with van der Waals surface area (Å²) in [6, 6.07) is 9.74. The first-order chi connectivity index (χ1) is 13.2. The van der Waals surface area contributed by atoms with E-state index in [4.69, 9.17) is 11.6 Å². The number of nitrogens with zero attached hydrogens (tertiary/aromatic N) is 3. The van der Waals surface area contributed by atoms with Gasteiger partial charge in [-0.1, -0.05) is 17.7 Å². The lowest BCUT2D eigenvalue weighted by molar-refractivity contribution is 0.0368. The molecule has 3 saturated heterocycles. The summed E-state index contributed by atoms with van der Waals surface area (Å²) in [5.41, 5.74) is 1.27. The second kappa shape index (κ2) is 9.13. The topological polar surface area (TPSA) is 30.0 Å². The van der Waals surface area contributed by atoms with Crippen molar-refractivity contribution in [3.05, 3.63) is 29.3 Å². The highest BCUT2D eigenvalue weighted by atomic mass is 35.5. The number of hydrogen-bond donors (Lipinski definition) is 1. The largest absolute Gasteiger partial charge is 0.396 e. The van der Waals surface area contributed by atoms with Gasteiger partial charge in [-0.3, -0.25) is 9.80 Å². The van der Waals surface area contributed by atoms with Crippen LogP contribution in [0.3, 0.4) is 0 Å². The monoisotopic (exact) mass is 391 g/mol. The predicted molar refractivity (Wildman–Crippen MR) is 113 cm³/mol. The minimum absolute atomic E-state index is 0.371. The lowest BCUT2D eigenvalue weighted by Crippen LogP contribution is -2.54. The number of halogens is 1. The van der Waals surface area contributed by atoms with E-state index in [1.807, 2.05) is 6.07 Å². The Bertz CT molecular complexity index is 597. The number of piperidine rings is 3. The second-order valence-corrected chi connectivity index (χ2v) is 9.09. The van der Waals surface area contributed by atoms with E-state index in [0.29, 0.717) is 12.5 Å². The molecule has 27 heavy (non-hydrogen) atoms. The van der Waals surface area contributed by atoms with Crippen molar-refractivity contribution in [2.24, 2.45) is 5.92 Å². The van der Waals surface area contributed by atoms with Crippen molar-refractivity contribution in [3.63, 3.8) is 0 Å². The quantitative estimate of drug-likeness (QED) is 0.851. The summed E-state index contributed by atoms with van der Waals surface area (Å²) < 4.78 is 0. The molecule has 150 valence electrons. The third-order valence-corrected chi connectivity index (χ3v) is 7.24. The Kier molecular flexibility index (Phi) is 6.59. The number of rotatable bonds is 4. The molecule has 0 radical (unpaired) electrons. The van der Waals surface area contributed by atoms with Gasteiger partial charge in [-0.2, -0.15) is 0 Å². The molecule has 4 rings (SSSR count). The maximum absolute atomic E-state index is 9.38. The number of aliphatic hydroxyl groups is 1. The van der Waals surface area contributed by atoms with Gasteiger partial charge >= 0.3 is 0 Å². The second-order valence-electron chi connectivity index (χ2n) is 8.65. The van der Waals surface area contributed by atoms with E-state index >= 15 is 0 Å². The minimum Gasteiger partial charge on any atom is -0.396 e. The molecule has 0 aromatic heterocycles. The molecule has 0 bridgehead atoms. The van der Waals surface area contributed by atoms with Gasteiger partial charge in [0, 0.05) is 49.0 Å². The number of likely N-dealkylation sites (tertiary alicyclic amines) is 2. The van der Waals surface area contributed by atoms with E-state index in [2.05, 4.69) is 32.9 Å². The molecule has 4 nitrogen and oxygen atoms in total. The number of benzene rings is 1. The average molecular weight is 392 g/mol. The van der Waals surface area contributed by atoms with Gasteiger partial charge in [0.15, 0.2) is 0 Å². The zero-order valence-electron chi connectivity index (χ0n) is 16.4. The Morgan fingerprint density at radius 1 is 0.889 bits per heavy atom. The molecule has 1 N–H and O–H groups in total. The zero-order chi connectivity index (χ0) is 18.6. The van der Waals surface area contributed by atoms with Crippen LogP contribution in [-0.2, 0) is 0 Å². The molecule has 0 spiro atoms. The Morgan fingerprint density at radius 3 is 2.37 bits per heavy atom. The standard InChI is InChI=1S/C22H34ClN3O/c23-19-3-1-4-21(15-19)24-13-8-20(9-14-24)26-10-2-5-22(16-26)25-11-6-18(17-27)7-12-25/h1,3-4,15,18,20,22,27H,2,5-14,16-17H2/t22-/m1/s1. The van der Waals surface area contributed by atoms with Gasteiger partial charge in [0.1, 0.15) is 0 Å². The molecule has 0 saturated carbocycles. The highest BCUT2D eigenvalue weighted by molar-refractivity contribution is 6.30. The Morgan fingerprint density at radius 2 is 1.67 bits per heavy atom. The number of anilines is 1. The predicted octanol–water partition coefficient (Wildman–Crippen LogP) is 3.48. The smallest absolute Gasteiger partial charge is 0.0460 e. The van der Waals surface area contributed by atoms with Crippen LogP contribution in [0.15, 0.2) is 24.3 Å². The van der Waals surface area contributed by atoms with Gasteiger partial charge in [-0.15, -0.1) is 0 Å². The average Bonchev–Trinajstić information content (AvgIpc) is 2.74. The maximum atomic E-state index is 9.38. The van der Waals surface area contributed by atoms with Crippen LogP contribution < -0.4 is 4.90 Å². The Hall–Kier alpha value is -0.810. The van der Waals surface area contributed by atoms with Crippen LogP contribution in [0.1, 0.15) is 38.5 Å². The van der Waals surface area contributed by atoms with Crippen molar-refractivity contribution >= 4 is 17.3 Å².